The van der Waals surface area contributed by atoms with Gasteiger partial charge in [-0.25, -0.2) is 4.99 Å². The fourth-order valence-corrected chi connectivity index (χ4v) is 2.01. The molecule has 0 saturated heterocycles. The summed E-state index contributed by atoms with van der Waals surface area (Å²) in [4.78, 5) is 6.38. The van der Waals surface area contributed by atoms with Gasteiger partial charge in [-0.1, -0.05) is 18.7 Å². The number of hydrogen-bond donors (Lipinski definition) is 2. The Labute approximate surface area is 144 Å². The van der Waals surface area contributed by atoms with Crippen LogP contribution < -0.4 is 16.4 Å². The van der Waals surface area contributed by atoms with Crippen LogP contribution in [0.4, 0.5) is 11.4 Å². The summed E-state index contributed by atoms with van der Waals surface area (Å²) in [5.74, 6) is 0.925. The van der Waals surface area contributed by atoms with Gasteiger partial charge in [0.25, 0.3) is 0 Å². The zero-order chi connectivity index (χ0) is 12.8. The van der Waals surface area contributed by atoms with Crippen molar-refractivity contribution in [2.75, 3.05) is 24.7 Å². The molecule has 118 valence electrons. The second-order valence-corrected chi connectivity index (χ2v) is 5.08. The van der Waals surface area contributed by atoms with Gasteiger partial charge in [-0.2, -0.15) is 0 Å². The van der Waals surface area contributed by atoms with Crippen molar-refractivity contribution in [2.45, 2.75) is 13.5 Å². The average Bonchev–Trinajstić information content (AvgIpc) is 2.28. The first-order valence-corrected chi connectivity index (χ1v) is 6.54. The third-order valence-electron chi connectivity index (χ3n) is 2.30. The lowest BCUT2D eigenvalue weighted by atomic mass is 10.1. The number of thioether (sulfide) groups is 1. The van der Waals surface area contributed by atoms with Crippen molar-refractivity contribution in [3.05, 3.63) is 23.8 Å². The lowest BCUT2D eigenvalue weighted by molar-refractivity contribution is 1.03. The summed E-state index contributed by atoms with van der Waals surface area (Å²) in [7, 11) is 4.00. The molecule has 0 aliphatic rings. The average molecular weight is 362 g/mol. The van der Waals surface area contributed by atoms with Crippen molar-refractivity contribution in [3.8, 4) is 0 Å². The molecule has 0 bridgehead atoms. The Morgan fingerprint density at radius 2 is 1.85 bits per heavy atom. The number of anilines is 1. The summed E-state index contributed by atoms with van der Waals surface area (Å²) in [6, 6.07) is 5.96. The summed E-state index contributed by atoms with van der Waals surface area (Å²) in [5, 5.41) is 0.591. The molecule has 20 heavy (non-hydrogen) atoms. The molecule has 0 atom stereocenters. The number of nitrogens with zero attached hydrogens (tertiary/aromatic N) is 2. The van der Waals surface area contributed by atoms with Gasteiger partial charge in [0, 0.05) is 26.3 Å². The van der Waals surface area contributed by atoms with Crippen molar-refractivity contribution in [1.29, 1.82) is 0 Å². The van der Waals surface area contributed by atoms with E-state index in [4.69, 9.17) is 11.5 Å². The molecule has 0 unspecified atom stereocenters. The topological polar surface area (TPSA) is 67.6 Å². The highest BCUT2D eigenvalue weighted by molar-refractivity contribution is 8.13. The van der Waals surface area contributed by atoms with Crippen LogP contribution >= 0.6 is 49.0 Å². The van der Waals surface area contributed by atoms with Crippen LogP contribution in [0.25, 0.3) is 0 Å². The zero-order valence-electron chi connectivity index (χ0n) is 11.8. The maximum Gasteiger partial charge on any atom is 0.159 e. The van der Waals surface area contributed by atoms with Crippen LogP contribution in [0.5, 0.6) is 0 Å². The van der Waals surface area contributed by atoms with E-state index in [0.29, 0.717) is 11.7 Å². The Morgan fingerprint density at radius 1 is 1.25 bits per heavy atom. The molecule has 4 N–H and O–H groups in total. The van der Waals surface area contributed by atoms with E-state index < -0.39 is 0 Å². The summed E-state index contributed by atoms with van der Waals surface area (Å²) in [5.41, 5.74) is 14.6. The normalized spacial score (nSPS) is 9.90. The van der Waals surface area contributed by atoms with Gasteiger partial charge in [-0.05, 0) is 29.5 Å². The van der Waals surface area contributed by atoms with Gasteiger partial charge in [-0.15, -0.1) is 37.2 Å². The highest BCUT2D eigenvalue weighted by Crippen LogP contribution is 2.24. The molecule has 0 amide bonds. The summed E-state index contributed by atoms with van der Waals surface area (Å²) < 4.78 is 0. The molecular weight excluding hydrogens is 339 g/mol. The van der Waals surface area contributed by atoms with Gasteiger partial charge in [0.15, 0.2) is 5.17 Å². The number of amidine groups is 1. The van der Waals surface area contributed by atoms with E-state index in [1.807, 2.05) is 44.1 Å². The second kappa shape index (κ2) is 12.4. The maximum atomic E-state index is 5.78. The van der Waals surface area contributed by atoms with E-state index in [0.717, 1.165) is 22.7 Å². The quantitative estimate of drug-likeness (QED) is 0.638. The Morgan fingerprint density at radius 3 is 2.30 bits per heavy atom. The Balaban J connectivity index is -0.000000963. The fourth-order valence-electron chi connectivity index (χ4n) is 1.55. The number of aliphatic imine (C=N–C) groups is 1. The van der Waals surface area contributed by atoms with Crippen molar-refractivity contribution < 1.29 is 0 Å². The van der Waals surface area contributed by atoms with Gasteiger partial charge in [0.05, 0.1) is 5.69 Å². The molecule has 0 heterocycles. The number of benzene rings is 1. The minimum absolute atomic E-state index is 0. The first-order chi connectivity index (χ1) is 8.08. The lowest BCUT2D eigenvalue weighted by Crippen LogP contribution is -2.13. The van der Waals surface area contributed by atoms with Gasteiger partial charge in [-0.3, -0.25) is 0 Å². The molecule has 0 aliphatic heterocycles. The van der Waals surface area contributed by atoms with Crippen LogP contribution in [0, 0.1) is 0 Å². The molecule has 1 aromatic rings. The van der Waals surface area contributed by atoms with Crippen molar-refractivity contribution >= 4 is 65.5 Å². The number of rotatable bonds is 4. The highest BCUT2D eigenvalue weighted by Gasteiger charge is 2.04. The van der Waals surface area contributed by atoms with Crippen LogP contribution in [-0.4, -0.2) is 25.0 Å². The largest absolute Gasteiger partial charge is 0.378 e. The molecule has 4 nitrogen and oxygen atoms in total. The van der Waals surface area contributed by atoms with E-state index >= 15 is 0 Å². The molecule has 0 spiro atoms. The monoisotopic (exact) mass is 360 g/mol. The zero-order valence-corrected chi connectivity index (χ0v) is 15.1. The molecule has 0 saturated carbocycles. The fraction of sp³-hybridized carbons (Fsp3) is 0.417. The third-order valence-corrected chi connectivity index (χ3v) is 2.97. The first kappa shape index (κ1) is 24.7. The van der Waals surface area contributed by atoms with Crippen molar-refractivity contribution in [3.63, 3.8) is 0 Å². The smallest absolute Gasteiger partial charge is 0.159 e. The molecule has 0 aliphatic carbocycles. The van der Waals surface area contributed by atoms with Crippen molar-refractivity contribution in [1.82, 2.24) is 0 Å². The van der Waals surface area contributed by atoms with Gasteiger partial charge < -0.3 is 16.4 Å². The minimum atomic E-state index is 0. The molecule has 0 radical (unpaired) electrons. The summed E-state index contributed by atoms with van der Waals surface area (Å²) in [6.07, 6.45) is 0. The van der Waals surface area contributed by atoms with E-state index in [1.165, 1.54) is 11.8 Å². The van der Waals surface area contributed by atoms with Crippen molar-refractivity contribution in [2.24, 2.45) is 16.5 Å². The Hall–Kier alpha value is -0.330. The van der Waals surface area contributed by atoms with E-state index in [-0.39, 0.29) is 37.2 Å². The molecule has 0 fully saturated rings. The predicted octanol–water partition coefficient (Wildman–Crippen LogP) is 3.18. The lowest BCUT2D eigenvalue weighted by Gasteiger charge is -2.17. The van der Waals surface area contributed by atoms with Crippen LogP contribution in [0.3, 0.4) is 0 Å². The SMILES string of the molecule is CCSC(N)=Nc1ccc(N(C)C)c(CN)c1.Cl.Cl.Cl. The molecule has 1 aromatic carbocycles. The van der Waals surface area contributed by atoms with Gasteiger partial charge in [0.1, 0.15) is 0 Å². The van der Waals surface area contributed by atoms with E-state index in [2.05, 4.69) is 4.99 Å². The molecular formula is C12H23Cl3N4S. The van der Waals surface area contributed by atoms with Gasteiger partial charge in [0.2, 0.25) is 0 Å². The predicted molar refractivity (Wildman–Crippen MR) is 99.8 cm³/mol. The maximum absolute atomic E-state index is 5.78. The molecule has 8 heteroatoms. The number of halogens is 3. The second-order valence-electron chi connectivity index (χ2n) is 3.79. The Bertz CT molecular complexity index is 414. The standard InChI is InChI=1S/C12H20N4S.3ClH/c1-4-17-12(14)15-10-5-6-11(16(2)3)9(7-10)8-13;;;/h5-7H,4,8,13H2,1-3H3,(H2,14,15);3*1H. The Kier molecular flexibility index (Phi) is 15.3. The summed E-state index contributed by atoms with van der Waals surface area (Å²) in [6.45, 7) is 2.55. The molecule has 1 rings (SSSR count). The van der Waals surface area contributed by atoms with Crippen LogP contribution in [0.15, 0.2) is 23.2 Å². The van der Waals surface area contributed by atoms with E-state index in [9.17, 15) is 0 Å². The first-order valence-electron chi connectivity index (χ1n) is 5.55. The highest BCUT2D eigenvalue weighted by atomic mass is 35.5. The number of nitrogens with two attached hydrogens (primary N) is 2. The molecule has 0 aromatic heterocycles. The minimum Gasteiger partial charge on any atom is -0.378 e. The van der Waals surface area contributed by atoms with Gasteiger partial charge >= 0.3 is 0 Å². The van der Waals surface area contributed by atoms with Crippen LogP contribution in [0.2, 0.25) is 0 Å². The summed E-state index contributed by atoms with van der Waals surface area (Å²) >= 11 is 1.54. The van der Waals surface area contributed by atoms with E-state index in [1.54, 1.807) is 0 Å². The number of hydrogen-bond acceptors (Lipinski definition) is 4. The third kappa shape index (κ3) is 7.45. The van der Waals surface area contributed by atoms with Crippen LogP contribution in [0.1, 0.15) is 12.5 Å². The van der Waals surface area contributed by atoms with Crippen LogP contribution in [-0.2, 0) is 6.54 Å².